The van der Waals surface area contributed by atoms with Crippen LogP contribution < -0.4 is 20.8 Å². The molecule has 2 atom stereocenters. The summed E-state index contributed by atoms with van der Waals surface area (Å²) in [6, 6.07) is 22.1. The number of nitrogens with one attached hydrogen (secondary N) is 2. The molecule has 2 aromatic heterocycles. The van der Waals surface area contributed by atoms with Crippen molar-refractivity contribution in [2.45, 2.75) is 25.5 Å². The molecule has 0 saturated carbocycles. The van der Waals surface area contributed by atoms with Gasteiger partial charge in [-0.3, -0.25) is 4.79 Å². The number of carboxylic acid groups (broad SMARTS) is 1. The second-order valence-corrected chi connectivity index (χ2v) is 8.71. The molecule has 0 bridgehead atoms. The minimum atomic E-state index is -1.40. The van der Waals surface area contributed by atoms with Crippen molar-refractivity contribution in [1.82, 2.24) is 10.3 Å². The van der Waals surface area contributed by atoms with Crippen molar-refractivity contribution < 1.29 is 23.8 Å². The smallest absolute Gasteiger partial charge is 0.336 e. The molecule has 0 fully saturated rings. The maximum atomic E-state index is 12.8. The molecule has 0 saturated heterocycles. The van der Waals surface area contributed by atoms with Gasteiger partial charge in [0, 0.05) is 41.0 Å². The Morgan fingerprint density at radius 3 is 2.54 bits per heavy atom. The topological polar surface area (TPSA) is 124 Å². The van der Waals surface area contributed by atoms with E-state index in [1.165, 1.54) is 19.1 Å². The van der Waals surface area contributed by atoms with Gasteiger partial charge in [0.2, 0.25) is 0 Å². The summed E-state index contributed by atoms with van der Waals surface area (Å²) in [6.07, 6.45) is 0.749. The molecule has 3 aromatic carbocycles. The average Bonchev–Trinajstić information content (AvgIpc) is 3.30. The van der Waals surface area contributed by atoms with Crippen molar-refractivity contribution in [3.8, 4) is 16.9 Å². The summed E-state index contributed by atoms with van der Waals surface area (Å²) < 4.78 is 11.1. The van der Waals surface area contributed by atoms with E-state index in [1.54, 1.807) is 18.3 Å². The Labute approximate surface area is 211 Å². The van der Waals surface area contributed by atoms with Gasteiger partial charge in [-0.15, -0.1) is 0 Å². The Hall–Kier alpha value is -4.85. The summed E-state index contributed by atoms with van der Waals surface area (Å²) in [5.74, 6) is -1.72. The van der Waals surface area contributed by atoms with Crippen LogP contribution in [0.15, 0.2) is 94.3 Å². The predicted molar refractivity (Wildman–Crippen MR) is 137 cm³/mol. The molecule has 5 rings (SSSR count). The molecule has 2 N–H and O–H groups in total. The number of carbonyl (C=O) groups excluding carboxylic acids is 2. The van der Waals surface area contributed by atoms with Crippen LogP contribution >= 0.6 is 0 Å². The van der Waals surface area contributed by atoms with Crippen molar-refractivity contribution in [2.75, 3.05) is 0 Å². The quantitative estimate of drug-likeness (QED) is 0.319. The number of aliphatic carboxylic acids is 1. The fourth-order valence-corrected chi connectivity index (χ4v) is 4.33. The Morgan fingerprint density at radius 2 is 1.76 bits per heavy atom. The van der Waals surface area contributed by atoms with Crippen LogP contribution in [-0.2, 0) is 16.0 Å². The van der Waals surface area contributed by atoms with E-state index in [0.717, 1.165) is 27.6 Å². The van der Waals surface area contributed by atoms with Crippen molar-refractivity contribution in [3.63, 3.8) is 0 Å². The van der Waals surface area contributed by atoms with Crippen molar-refractivity contribution in [3.05, 3.63) is 101 Å². The number of hydrogen-bond donors (Lipinski definition) is 2. The Kier molecular flexibility index (Phi) is 6.47. The highest BCUT2D eigenvalue weighted by molar-refractivity contribution is 5.94. The minimum absolute atomic E-state index is 0.0498. The second-order valence-electron chi connectivity index (χ2n) is 8.71. The van der Waals surface area contributed by atoms with Crippen molar-refractivity contribution in [1.29, 1.82) is 0 Å². The number of ether oxygens (including phenoxy) is 1. The molecule has 0 aliphatic rings. The first kappa shape index (κ1) is 23.9. The number of carbonyl (C=O) groups is 2. The van der Waals surface area contributed by atoms with Crippen LogP contribution in [0.4, 0.5) is 0 Å². The molecule has 2 heterocycles. The van der Waals surface area contributed by atoms with Gasteiger partial charge in [0.15, 0.2) is 6.10 Å². The molecular formula is C29H23N2O6-. The number of aromatic amines is 1. The summed E-state index contributed by atoms with van der Waals surface area (Å²) in [4.78, 5) is 39.9. The monoisotopic (exact) mass is 495 g/mol. The lowest BCUT2D eigenvalue weighted by molar-refractivity contribution is -0.308. The van der Waals surface area contributed by atoms with Crippen LogP contribution in [0.3, 0.4) is 0 Å². The largest absolute Gasteiger partial charge is 0.548 e. The van der Waals surface area contributed by atoms with Gasteiger partial charge in [0.25, 0.3) is 5.91 Å². The fraction of sp³-hybridized carbons (Fsp3) is 0.138. The Bertz CT molecular complexity index is 1650. The first-order valence-electron chi connectivity index (χ1n) is 11.8. The van der Waals surface area contributed by atoms with Crippen LogP contribution in [0.2, 0.25) is 0 Å². The number of fused-ring (bicyclic) bond motifs is 2. The summed E-state index contributed by atoms with van der Waals surface area (Å²) >= 11 is 0. The van der Waals surface area contributed by atoms with E-state index in [-0.39, 0.29) is 6.42 Å². The van der Waals surface area contributed by atoms with Crippen LogP contribution in [0, 0.1) is 0 Å². The van der Waals surface area contributed by atoms with Gasteiger partial charge in [0.05, 0.1) is 12.0 Å². The number of H-pyrrole nitrogens is 1. The number of amides is 1. The normalized spacial score (nSPS) is 12.8. The van der Waals surface area contributed by atoms with Gasteiger partial charge in [-0.2, -0.15) is 0 Å². The summed E-state index contributed by atoms with van der Waals surface area (Å²) in [6.45, 7) is 1.51. The molecule has 8 nitrogen and oxygen atoms in total. The number of aromatic nitrogens is 1. The molecule has 0 aliphatic carbocycles. The summed E-state index contributed by atoms with van der Waals surface area (Å²) in [5, 5.41) is 15.9. The third-order valence-electron chi connectivity index (χ3n) is 6.18. The molecule has 186 valence electrons. The standard InChI is InChI=1S/C29H24N2O6/c1-17(28(33)31-25(29(34)35)13-19-16-30-24-10-6-5-9-21(19)24)36-20-11-12-22-23(18-7-3-2-4-8-18)15-27(32)37-26(22)14-20/h2-12,14-17,25,30H,13H2,1H3,(H,31,33)(H,34,35)/p-1/t17-,25+/m1/s1. The molecule has 8 heteroatoms. The van der Waals surface area contributed by atoms with Gasteiger partial charge >= 0.3 is 5.63 Å². The molecule has 37 heavy (non-hydrogen) atoms. The number of hydrogen-bond acceptors (Lipinski definition) is 6. The molecule has 0 spiro atoms. The van der Waals surface area contributed by atoms with Crippen LogP contribution in [0.1, 0.15) is 12.5 Å². The summed E-state index contributed by atoms with van der Waals surface area (Å²) in [7, 11) is 0. The number of rotatable bonds is 8. The zero-order chi connectivity index (χ0) is 25.9. The van der Waals surface area contributed by atoms with E-state index in [2.05, 4.69) is 10.3 Å². The molecular weight excluding hydrogens is 472 g/mol. The molecule has 0 aliphatic heterocycles. The highest BCUT2D eigenvalue weighted by Gasteiger charge is 2.22. The predicted octanol–water partition coefficient (Wildman–Crippen LogP) is 3.19. The SMILES string of the molecule is C[C@@H](Oc1ccc2c(-c3ccccc3)cc(=O)oc2c1)C(=O)N[C@@H](Cc1c[nH]c2ccccc12)C(=O)[O-]. The van der Waals surface area contributed by atoms with Gasteiger partial charge in [-0.05, 0) is 41.8 Å². The van der Waals surface area contributed by atoms with Crippen molar-refractivity contribution in [2.24, 2.45) is 0 Å². The number of carboxylic acids is 1. The van der Waals surface area contributed by atoms with E-state index in [1.807, 2.05) is 54.6 Å². The number of para-hydroxylation sites is 1. The molecule has 0 radical (unpaired) electrons. The van der Waals surface area contributed by atoms with Crippen LogP contribution in [0.5, 0.6) is 5.75 Å². The maximum Gasteiger partial charge on any atom is 0.336 e. The summed E-state index contributed by atoms with van der Waals surface area (Å²) in [5.41, 5.74) is 3.00. The van der Waals surface area contributed by atoms with Gasteiger partial charge in [-0.1, -0.05) is 48.5 Å². The van der Waals surface area contributed by atoms with E-state index in [9.17, 15) is 19.5 Å². The first-order valence-corrected chi connectivity index (χ1v) is 11.8. The molecule has 1 amide bonds. The zero-order valence-corrected chi connectivity index (χ0v) is 19.9. The van der Waals surface area contributed by atoms with E-state index in [4.69, 9.17) is 9.15 Å². The van der Waals surface area contributed by atoms with Crippen molar-refractivity contribution >= 4 is 33.7 Å². The second kappa shape index (κ2) is 10.0. The highest BCUT2D eigenvalue weighted by atomic mass is 16.5. The Morgan fingerprint density at radius 1 is 1.00 bits per heavy atom. The average molecular weight is 496 g/mol. The van der Waals surface area contributed by atoms with Gasteiger partial charge in [0.1, 0.15) is 11.3 Å². The lowest BCUT2D eigenvalue weighted by Gasteiger charge is -2.22. The van der Waals surface area contributed by atoms with Crippen LogP contribution in [0.25, 0.3) is 33.0 Å². The molecule has 5 aromatic rings. The first-order chi connectivity index (χ1) is 17.9. The van der Waals surface area contributed by atoms with E-state index < -0.39 is 29.6 Å². The van der Waals surface area contributed by atoms with Gasteiger partial charge < -0.3 is 29.4 Å². The maximum absolute atomic E-state index is 12.8. The van der Waals surface area contributed by atoms with E-state index in [0.29, 0.717) is 16.7 Å². The number of benzene rings is 3. The lowest BCUT2D eigenvalue weighted by atomic mass is 10.0. The van der Waals surface area contributed by atoms with E-state index >= 15 is 0 Å². The third kappa shape index (κ3) is 5.08. The van der Waals surface area contributed by atoms with Crippen LogP contribution in [-0.4, -0.2) is 29.0 Å². The zero-order valence-electron chi connectivity index (χ0n) is 19.9. The fourth-order valence-electron chi connectivity index (χ4n) is 4.33. The minimum Gasteiger partial charge on any atom is -0.548 e. The molecule has 0 unspecified atom stereocenters. The highest BCUT2D eigenvalue weighted by Crippen LogP contribution is 2.30. The Balaban J connectivity index is 1.32. The van der Waals surface area contributed by atoms with Gasteiger partial charge in [-0.25, -0.2) is 4.79 Å². The lowest BCUT2D eigenvalue weighted by Crippen LogP contribution is -2.52. The third-order valence-corrected chi connectivity index (χ3v) is 6.18.